The highest BCUT2D eigenvalue weighted by atomic mass is 16.3. The van der Waals surface area contributed by atoms with Gasteiger partial charge in [-0.25, -0.2) is 9.59 Å². The lowest BCUT2D eigenvalue weighted by molar-refractivity contribution is 0.233. The molecule has 0 saturated carbocycles. The monoisotopic (exact) mass is 836 g/mol. The van der Waals surface area contributed by atoms with E-state index in [0.717, 1.165) is 84.3 Å². The van der Waals surface area contributed by atoms with Gasteiger partial charge in [-0.2, -0.15) is 0 Å². The van der Waals surface area contributed by atoms with Crippen molar-refractivity contribution in [3.63, 3.8) is 0 Å². The molecule has 0 rings (SSSR count). The Labute approximate surface area is 368 Å². The number of rotatable bonds is 47. The predicted molar refractivity (Wildman–Crippen MR) is 258 cm³/mol. The first-order chi connectivity index (χ1) is 29.0. The SMILES string of the molecule is CCCCCCCCC(CCCCCC)CNC(=O)NCCCCCCCN(CCCCO)CCCCCCNC(=O)NCC(CCCCCC)CCCCCCCC. The minimum absolute atomic E-state index is 0.00848. The molecule has 0 fully saturated rings. The molecule has 0 aliphatic rings. The van der Waals surface area contributed by atoms with Crippen LogP contribution in [0, 0.1) is 11.8 Å². The Bertz CT molecular complexity index is 861. The summed E-state index contributed by atoms with van der Waals surface area (Å²) in [6, 6.07) is 0.0202. The minimum atomic E-state index is 0.00848. The van der Waals surface area contributed by atoms with Crippen molar-refractivity contribution in [3.05, 3.63) is 0 Å². The number of hydrogen-bond donors (Lipinski definition) is 5. The van der Waals surface area contributed by atoms with E-state index in [1.165, 1.54) is 186 Å². The lowest BCUT2D eigenvalue weighted by Crippen LogP contribution is -2.38. The molecule has 0 aromatic rings. The minimum Gasteiger partial charge on any atom is -0.396 e. The first-order valence-electron chi connectivity index (χ1n) is 26.4. The van der Waals surface area contributed by atoms with Crippen molar-refractivity contribution in [2.75, 3.05) is 52.4 Å². The van der Waals surface area contributed by atoms with Crippen LogP contribution in [-0.4, -0.2) is 74.5 Å². The number of urea groups is 2. The normalized spacial score (nSPS) is 12.5. The van der Waals surface area contributed by atoms with E-state index < -0.39 is 0 Å². The van der Waals surface area contributed by atoms with Crippen LogP contribution in [0.25, 0.3) is 0 Å². The summed E-state index contributed by atoms with van der Waals surface area (Å²) < 4.78 is 0. The van der Waals surface area contributed by atoms with Crippen molar-refractivity contribution in [1.29, 1.82) is 0 Å². The first kappa shape index (κ1) is 57.5. The summed E-state index contributed by atoms with van der Waals surface area (Å²) in [4.78, 5) is 27.7. The lowest BCUT2D eigenvalue weighted by atomic mass is 9.94. The Kier molecular flexibility index (Phi) is 46.3. The highest BCUT2D eigenvalue weighted by molar-refractivity contribution is 5.74. The zero-order valence-corrected chi connectivity index (χ0v) is 40.3. The van der Waals surface area contributed by atoms with Crippen molar-refractivity contribution >= 4 is 12.1 Å². The zero-order valence-electron chi connectivity index (χ0n) is 40.3. The van der Waals surface area contributed by atoms with E-state index in [0.29, 0.717) is 11.8 Å². The van der Waals surface area contributed by atoms with E-state index in [1.54, 1.807) is 0 Å². The largest absolute Gasteiger partial charge is 0.396 e. The number of aliphatic hydroxyl groups is 1. The van der Waals surface area contributed by atoms with E-state index in [-0.39, 0.29) is 18.7 Å². The Morgan fingerprint density at radius 3 is 1.02 bits per heavy atom. The Hall–Kier alpha value is -1.54. The molecule has 0 heterocycles. The molecule has 0 aromatic heterocycles. The van der Waals surface area contributed by atoms with Gasteiger partial charge in [0.15, 0.2) is 0 Å². The fourth-order valence-corrected chi connectivity index (χ4v) is 8.43. The number of amides is 4. The van der Waals surface area contributed by atoms with Crippen LogP contribution < -0.4 is 21.3 Å². The van der Waals surface area contributed by atoms with E-state index in [2.05, 4.69) is 53.9 Å². The molecule has 8 heteroatoms. The lowest BCUT2D eigenvalue weighted by Gasteiger charge is -2.22. The van der Waals surface area contributed by atoms with Gasteiger partial charge >= 0.3 is 12.1 Å². The average molecular weight is 836 g/mol. The van der Waals surface area contributed by atoms with Crippen molar-refractivity contribution < 1.29 is 14.7 Å². The third-order valence-electron chi connectivity index (χ3n) is 12.5. The number of carbonyl (C=O) groups excluding carboxylic acids is 2. The molecule has 0 bridgehead atoms. The second-order valence-corrected chi connectivity index (χ2v) is 18.3. The summed E-state index contributed by atoms with van der Waals surface area (Å²) in [5.74, 6) is 1.22. The summed E-state index contributed by atoms with van der Waals surface area (Å²) >= 11 is 0. The molecule has 0 aromatic carbocycles. The summed E-state index contributed by atoms with van der Waals surface area (Å²) in [6.45, 7) is 15.8. The van der Waals surface area contributed by atoms with Gasteiger partial charge in [0, 0.05) is 32.8 Å². The van der Waals surface area contributed by atoms with Crippen LogP contribution in [0.2, 0.25) is 0 Å². The van der Waals surface area contributed by atoms with Crippen LogP contribution in [0.15, 0.2) is 0 Å². The zero-order chi connectivity index (χ0) is 43.1. The number of aliphatic hydroxyl groups excluding tert-OH is 1. The molecule has 0 saturated heterocycles. The van der Waals surface area contributed by atoms with E-state index in [9.17, 15) is 14.7 Å². The maximum absolute atomic E-state index is 12.6. The number of nitrogens with zero attached hydrogens (tertiary/aromatic N) is 1. The van der Waals surface area contributed by atoms with Gasteiger partial charge in [-0.05, 0) is 95.7 Å². The van der Waals surface area contributed by atoms with Crippen molar-refractivity contribution in [2.45, 2.75) is 252 Å². The van der Waals surface area contributed by atoms with Crippen LogP contribution >= 0.6 is 0 Å². The van der Waals surface area contributed by atoms with Gasteiger partial charge in [-0.1, -0.05) is 188 Å². The molecule has 5 N–H and O–H groups in total. The third kappa shape index (κ3) is 42.9. The molecule has 352 valence electrons. The van der Waals surface area contributed by atoms with Gasteiger partial charge in [0.05, 0.1) is 0 Å². The molecule has 4 amide bonds. The molecule has 0 radical (unpaired) electrons. The van der Waals surface area contributed by atoms with Gasteiger partial charge in [0.25, 0.3) is 0 Å². The Morgan fingerprint density at radius 1 is 0.373 bits per heavy atom. The molecule has 0 aliphatic heterocycles. The predicted octanol–water partition coefficient (Wildman–Crippen LogP) is 13.8. The highest BCUT2D eigenvalue weighted by Crippen LogP contribution is 2.20. The Balaban J connectivity index is 4.18. The summed E-state index contributed by atoms with van der Waals surface area (Å²) in [7, 11) is 0. The number of hydrogen-bond acceptors (Lipinski definition) is 4. The summed E-state index contributed by atoms with van der Waals surface area (Å²) in [5.41, 5.74) is 0. The fraction of sp³-hybridized carbons (Fsp3) is 0.961. The second-order valence-electron chi connectivity index (χ2n) is 18.3. The topological polar surface area (TPSA) is 106 Å². The average Bonchev–Trinajstić information content (AvgIpc) is 3.24. The number of carbonyl (C=O) groups is 2. The van der Waals surface area contributed by atoms with Gasteiger partial charge in [-0.3, -0.25) is 0 Å². The standard InChI is InChI=1S/C51H105N5O3/c1-5-9-13-17-20-28-38-48(36-26-15-11-7-3)46-54-50(58)52-40-30-22-19-24-32-42-56(44-34-35-45-57)43-33-25-23-31-41-53-51(59)55-47-49(37-27-16-12-8-4)39-29-21-18-14-10-6-2/h48-49,57H,5-47H2,1-4H3,(H2,52,54,58)(H2,53,55,59). The maximum atomic E-state index is 12.6. The van der Waals surface area contributed by atoms with Gasteiger partial charge < -0.3 is 31.3 Å². The quantitative estimate of drug-likeness (QED) is 0.0394. The van der Waals surface area contributed by atoms with Crippen molar-refractivity contribution in [2.24, 2.45) is 11.8 Å². The number of nitrogens with one attached hydrogen (secondary N) is 4. The molecule has 8 nitrogen and oxygen atoms in total. The summed E-state index contributed by atoms with van der Waals surface area (Å²) in [5, 5.41) is 22.0. The maximum Gasteiger partial charge on any atom is 0.314 e. The van der Waals surface area contributed by atoms with Crippen LogP contribution in [0.4, 0.5) is 9.59 Å². The molecule has 0 spiro atoms. The molecular weight excluding hydrogens is 731 g/mol. The van der Waals surface area contributed by atoms with Gasteiger partial charge in [0.2, 0.25) is 0 Å². The number of unbranched alkanes of at least 4 members (excludes halogenated alkanes) is 24. The van der Waals surface area contributed by atoms with E-state index in [1.807, 2.05) is 0 Å². The van der Waals surface area contributed by atoms with Gasteiger partial charge in [-0.15, -0.1) is 0 Å². The van der Waals surface area contributed by atoms with Crippen molar-refractivity contribution in [1.82, 2.24) is 26.2 Å². The van der Waals surface area contributed by atoms with Crippen LogP contribution in [0.1, 0.15) is 252 Å². The highest BCUT2D eigenvalue weighted by Gasteiger charge is 2.12. The van der Waals surface area contributed by atoms with Crippen LogP contribution in [0.5, 0.6) is 0 Å². The van der Waals surface area contributed by atoms with Crippen molar-refractivity contribution in [3.8, 4) is 0 Å². The third-order valence-corrected chi connectivity index (χ3v) is 12.5. The molecule has 2 atom stereocenters. The molecule has 2 unspecified atom stereocenters. The van der Waals surface area contributed by atoms with E-state index >= 15 is 0 Å². The molecule has 0 aliphatic carbocycles. The fourth-order valence-electron chi connectivity index (χ4n) is 8.43. The van der Waals surface area contributed by atoms with Crippen LogP contribution in [-0.2, 0) is 0 Å². The molecule has 59 heavy (non-hydrogen) atoms. The van der Waals surface area contributed by atoms with Crippen LogP contribution in [0.3, 0.4) is 0 Å². The molecular formula is C51H105N5O3. The Morgan fingerprint density at radius 2 is 0.661 bits per heavy atom. The first-order valence-corrected chi connectivity index (χ1v) is 26.4. The summed E-state index contributed by atoms with van der Waals surface area (Å²) in [6.07, 6.45) is 43.7. The smallest absolute Gasteiger partial charge is 0.314 e. The van der Waals surface area contributed by atoms with E-state index in [4.69, 9.17) is 0 Å². The second kappa shape index (κ2) is 47.5. The van der Waals surface area contributed by atoms with Gasteiger partial charge in [0.1, 0.15) is 0 Å².